The predicted molar refractivity (Wildman–Crippen MR) is 144 cm³/mol. The van der Waals surface area contributed by atoms with Crippen LogP contribution in [-0.2, 0) is 6.54 Å². The molecule has 0 atom stereocenters. The lowest BCUT2D eigenvalue weighted by Crippen LogP contribution is -3.00. The van der Waals surface area contributed by atoms with Gasteiger partial charge in [0.2, 0.25) is 5.43 Å². The average molecular weight is 625 g/mol. The van der Waals surface area contributed by atoms with Crippen molar-refractivity contribution < 1.29 is 45.0 Å². The highest BCUT2D eigenvalue weighted by molar-refractivity contribution is 5.95. The molecule has 41 heavy (non-hydrogen) atoms. The van der Waals surface area contributed by atoms with E-state index < -0.39 is 17.2 Å². The highest BCUT2D eigenvalue weighted by atomic mass is 79.9. The maximum atomic E-state index is 15.3. The third kappa shape index (κ3) is 5.72. The Morgan fingerprint density at radius 3 is 2.22 bits per heavy atom. The summed E-state index contributed by atoms with van der Waals surface area (Å²) in [6.45, 7) is 2.16. The molecule has 0 bridgehead atoms. The van der Waals surface area contributed by atoms with Gasteiger partial charge in [0.05, 0.1) is 16.8 Å². The number of aromatic nitrogens is 2. The number of amides is 1. The second-order valence-corrected chi connectivity index (χ2v) is 10.3. The predicted octanol–water partition coefficient (Wildman–Crippen LogP) is 0.615. The van der Waals surface area contributed by atoms with Crippen molar-refractivity contribution in [1.29, 1.82) is 0 Å². The first-order chi connectivity index (χ1) is 19.3. The number of hydrogen-bond donors (Lipinski definition) is 1. The summed E-state index contributed by atoms with van der Waals surface area (Å²) in [6.07, 6.45) is 6.73. The maximum Gasteiger partial charge on any atom is 0.341 e. The minimum Gasteiger partial charge on any atom is -1.00 e. The fourth-order valence-electron chi connectivity index (χ4n) is 5.25. The molecule has 3 heterocycles. The Bertz CT molecular complexity index is 1680. The van der Waals surface area contributed by atoms with E-state index in [4.69, 9.17) is 0 Å². The van der Waals surface area contributed by atoms with Crippen molar-refractivity contribution in [1.82, 2.24) is 9.47 Å². The molecule has 0 unspecified atom stereocenters. The van der Waals surface area contributed by atoms with Gasteiger partial charge in [-0.3, -0.25) is 9.59 Å². The first-order valence-corrected chi connectivity index (χ1v) is 13.2. The van der Waals surface area contributed by atoms with Gasteiger partial charge in [-0.25, -0.2) is 18.1 Å². The van der Waals surface area contributed by atoms with E-state index in [0.717, 1.165) is 24.5 Å². The Hall–Kier alpha value is -4.12. The molecule has 212 valence electrons. The van der Waals surface area contributed by atoms with Crippen LogP contribution in [0.25, 0.3) is 10.9 Å². The molecule has 2 aliphatic rings. The lowest BCUT2D eigenvalue weighted by molar-refractivity contribution is -0.688. The fraction of sp³-hybridized carbons (Fsp3) is 0.267. The zero-order valence-corrected chi connectivity index (χ0v) is 23.6. The van der Waals surface area contributed by atoms with Gasteiger partial charge in [-0.2, -0.15) is 0 Å². The number of anilines is 1. The summed E-state index contributed by atoms with van der Waals surface area (Å²) >= 11 is 0. The number of carbonyl (C=O) groups excluding carboxylic acids is 1. The molecule has 0 radical (unpaired) electrons. The van der Waals surface area contributed by atoms with E-state index in [2.05, 4.69) is 0 Å². The number of carboxylic acids is 1. The lowest BCUT2D eigenvalue weighted by atomic mass is 10.1. The summed E-state index contributed by atoms with van der Waals surface area (Å²) < 4.78 is 32.1. The fourth-order valence-corrected chi connectivity index (χ4v) is 5.25. The number of pyridine rings is 2. The first-order valence-electron chi connectivity index (χ1n) is 13.2. The van der Waals surface area contributed by atoms with Crippen molar-refractivity contribution in [3.05, 3.63) is 106 Å². The van der Waals surface area contributed by atoms with Crippen molar-refractivity contribution in [2.75, 3.05) is 31.1 Å². The first kappa shape index (κ1) is 28.4. The van der Waals surface area contributed by atoms with Crippen LogP contribution >= 0.6 is 0 Å². The molecule has 1 aliphatic carbocycles. The Morgan fingerprint density at radius 1 is 0.951 bits per heavy atom. The third-order valence-electron chi connectivity index (χ3n) is 7.60. The van der Waals surface area contributed by atoms with Crippen LogP contribution in [0.4, 0.5) is 14.5 Å². The van der Waals surface area contributed by atoms with E-state index in [1.807, 2.05) is 21.9 Å². The van der Waals surface area contributed by atoms with Crippen LogP contribution in [0, 0.1) is 11.6 Å². The Kier molecular flexibility index (Phi) is 7.90. The summed E-state index contributed by atoms with van der Waals surface area (Å²) in [5.41, 5.74) is 1.29. The van der Waals surface area contributed by atoms with Gasteiger partial charge in [0.15, 0.2) is 18.9 Å². The minimum atomic E-state index is -1.33. The summed E-state index contributed by atoms with van der Waals surface area (Å²) in [5, 5.41) is 9.51. The number of hydrogen-bond acceptors (Lipinski definition) is 4. The van der Waals surface area contributed by atoms with Crippen molar-refractivity contribution in [3.63, 3.8) is 0 Å². The number of piperazine rings is 1. The molecule has 8 nitrogen and oxygen atoms in total. The van der Waals surface area contributed by atoms with Gasteiger partial charge in [0, 0.05) is 61.5 Å². The van der Waals surface area contributed by atoms with Crippen LogP contribution in [0.1, 0.15) is 45.2 Å². The van der Waals surface area contributed by atoms with Crippen LogP contribution in [0.2, 0.25) is 0 Å². The molecule has 1 aliphatic heterocycles. The average Bonchev–Trinajstić information content (AvgIpc) is 3.80. The van der Waals surface area contributed by atoms with Crippen molar-refractivity contribution in [2.45, 2.75) is 25.4 Å². The van der Waals surface area contributed by atoms with Crippen LogP contribution in [-0.4, -0.2) is 52.6 Å². The summed E-state index contributed by atoms with van der Waals surface area (Å²) in [4.78, 5) is 41.1. The number of carboxylic acid groups (broad SMARTS) is 1. The highest BCUT2D eigenvalue weighted by Crippen LogP contribution is 2.38. The topological polar surface area (TPSA) is 86.7 Å². The van der Waals surface area contributed by atoms with E-state index >= 15 is 4.39 Å². The molecular weight excluding hydrogens is 598 g/mol. The quantitative estimate of drug-likeness (QED) is 0.318. The third-order valence-corrected chi connectivity index (χ3v) is 7.60. The SMILES string of the molecule is O=C(O)c1cn(C2CC2)c2cc(N3CCN(C(=O)c4cc[n+](Cc5ccc(F)cc5)cc4)CC3)c(F)cc2c1=O.[Br-]. The molecule has 1 N–H and O–H groups in total. The molecule has 1 amide bonds. The monoisotopic (exact) mass is 624 g/mol. The molecule has 1 saturated heterocycles. The van der Waals surface area contributed by atoms with Crippen molar-refractivity contribution in [3.8, 4) is 0 Å². The number of nitrogens with zero attached hydrogens (tertiary/aromatic N) is 4. The summed E-state index contributed by atoms with van der Waals surface area (Å²) in [6, 6.07) is 12.6. The number of fused-ring (bicyclic) bond motifs is 1. The molecule has 1 saturated carbocycles. The van der Waals surface area contributed by atoms with Crippen LogP contribution in [0.3, 0.4) is 0 Å². The number of benzene rings is 2. The van der Waals surface area contributed by atoms with E-state index in [1.165, 1.54) is 18.3 Å². The van der Waals surface area contributed by atoms with Crippen molar-refractivity contribution in [2.24, 2.45) is 0 Å². The molecule has 2 fully saturated rings. The molecule has 11 heteroatoms. The normalized spacial score (nSPS) is 15.1. The Labute approximate surface area is 244 Å². The van der Waals surface area contributed by atoms with Gasteiger partial charge in [0.25, 0.3) is 5.91 Å². The van der Waals surface area contributed by atoms with E-state index in [9.17, 15) is 23.9 Å². The zero-order valence-electron chi connectivity index (χ0n) is 22.0. The summed E-state index contributed by atoms with van der Waals surface area (Å²) in [5.74, 6) is -2.32. The summed E-state index contributed by atoms with van der Waals surface area (Å²) in [7, 11) is 0. The maximum absolute atomic E-state index is 15.3. The highest BCUT2D eigenvalue weighted by Gasteiger charge is 2.29. The second-order valence-electron chi connectivity index (χ2n) is 10.3. The largest absolute Gasteiger partial charge is 1.00 e. The molecular formula is C30H27BrF2N4O4. The van der Waals surface area contributed by atoms with Crippen LogP contribution < -0.4 is 31.9 Å². The number of halogens is 3. The molecule has 6 rings (SSSR count). The number of rotatable bonds is 6. The number of aromatic carboxylic acids is 1. The second kappa shape index (κ2) is 11.4. The van der Waals surface area contributed by atoms with E-state index in [0.29, 0.717) is 49.5 Å². The van der Waals surface area contributed by atoms with E-state index in [-0.39, 0.29) is 45.7 Å². The van der Waals surface area contributed by atoms with Gasteiger partial charge in [-0.15, -0.1) is 0 Å². The van der Waals surface area contributed by atoms with Gasteiger partial charge < -0.3 is 36.5 Å². The van der Waals surface area contributed by atoms with Crippen molar-refractivity contribution >= 4 is 28.5 Å². The van der Waals surface area contributed by atoms with E-state index in [1.54, 1.807) is 39.8 Å². The smallest absolute Gasteiger partial charge is 0.341 e. The van der Waals surface area contributed by atoms with Gasteiger partial charge in [-0.05, 0) is 49.2 Å². The molecule has 4 aromatic rings. The van der Waals surface area contributed by atoms with Gasteiger partial charge in [-0.1, -0.05) is 0 Å². The standard InChI is InChI=1S/C30H26F2N4O4.BrH/c31-21-3-1-19(2-4-21)17-33-9-7-20(8-10-33)29(38)35-13-11-34(12-14-35)27-16-26-23(15-25(27)32)28(37)24(30(39)40)18-36(26)22-5-6-22;/h1-4,7-10,15-16,18,22H,5-6,11-14,17H2;1H. The molecule has 2 aromatic heterocycles. The van der Waals surface area contributed by atoms with Crippen LogP contribution in [0.5, 0.6) is 0 Å². The zero-order chi connectivity index (χ0) is 28.0. The Morgan fingerprint density at radius 2 is 1.61 bits per heavy atom. The van der Waals surface area contributed by atoms with Gasteiger partial charge >= 0.3 is 5.97 Å². The number of carbonyl (C=O) groups is 2. The van der Waals surface area contributed by atoms with Crippen LogP contribution in [0.15, 0.2) is 71.9 Å². The molecule has 0 spiro atoms. The van der Waals surface area contributed by atoms with Gasteiger partial charge in [0.1, 0.15) is 17.2 Å². The minimum absolute atomic E-state index is 0. The molecule has 2 aromatic carbocycles. The Balaban J connectivity index is 0.00000337. The lowest BCUT2D eigenvalue weighted by Gasteiger charge is -2.36.